The Balaban J connectivity index is 2.25. The molecule has 1 saturated heterocycles. The molecule has 0 aromatic heterocycles. The van der Waals surface area contributed by atoms with Crippen LogP contribution in [0.15, 0.2) is 18.2 Å². The summed E-state index contributed by atoms with van der Waals surface area (Å²) in [6, 6.07) is 5.64. The fraction of sp³-hybridized carbons (Fsp3) is 0.364. The third kappa shape index (κ3) is 2.07. The van der Waals surface area contributed by atoms with Gasteiger partial charge in [0.1, 0.15) is 5.75 Å². The maximum atomic E-state index is 11.1. The molecule has 0 radical (unpaired) electrons. The Kier molecular flexibility index (Phi) is 2.82. The molecule has 0 saturated carbocycles. The number of carbonyl (C=O) groups excluding carboxylic acids is 1. The molecule has 1 N–H and O–H groups in total. The van der Waals surface area contributed by atoms with Crippen LogP contribution in [-0.4, -0.2) is 19.6 Å². The molecule has 0 aliphatic carbocycles. The highest BCUT2D eigenvalue weighted by Gasteiger charge is 2.23. The van der Waals surface area contributed by atoms with Gasteiger partial charge in [-0.3, -0.25) is 4.79 Å². The maximum absolute atomic E-state index is 11.1. The summed E-state index contributed by atoms with van der Waals surface area (Å²) in [6.07, 6.45) is 0.546. The first-order chi connectivity index (χ1) is 7.20. The molecule has 1 aliphatic heterocycles. The standard InChI is InChI=1S/C11H12ClNO2/c1-15-10-4-7(2-3-9(10)12)8-5-11(14)13-6-8/h2-4,8H,5-6H2,1H3,(H,13,14)/t8-/m0/s1. The van der Waals surface area contributed by atoms with Gasteiger partial charge in [0.25, 0.3) is 0 Å². The maximum Gasteiger partial charge on any atom is 0.220 e. The number of nitrogens with one attached hydrogen (secondary N) is 1. The molecule has 2 rings (SSSR count). The molecule has 1 aliphatic rings. The molecule has 0 spiro atoms. The van der Waals surface area contributed by atoms with E-state index < -0.39 is 0 Å². The van der Waals surface area contributed by atoms with Crippen molar-refractivity contribution in [2.45, 2.75) is 12.3 Å². The summed E-state index contributed by atoms with van der Waals surface area (Å²) in [7, 11) is 1.59. The first-order valence-corrected chi connectivity index (χ1v) is 5.18. The van der Waals surface area contributed by atoms with Crippen LogP contribution in [0.4, 0.5) is 0 Å². The first-order valence-electron chi connectivity index (χ1n) is 4.81. The topological polar surface area (TPSA) is 38.3 Å². The van der Waals surface area contributed by atoms with E-state index in [1.807, 2.05) is 12.1 Å². The molecule has 15 heavy (non-hydrogen) atoms. The van der Waals surface area contributed by atoms with Gasteiger partial charge < -0.3 is 10.1 Å². The minimum Gasteiger partial charge on any atom is -0.495 e. The van der Waals surface area contributed by atoms with Crippen LogP contribution in [0.5, 0.6) is 5.75 Å². The third-order valence-corrected chi connectivity index (χ3v) is 2.94. The van der Waals surface area contributed by atoms with Crippen molar-refractivity contribution < 1.29 is 9.53 Å². The van der Waals surface area contributed by atoms with Gasteiger partial charge in [-0.1, -0.05) is 17.7 Å². The lowest BCUT2D eigenvalue weighted by molar-refractivity contribution is -0.119. The number of halogens is 1. The lowest BCUT2D eigenvalue weighted by Gasteiger charge is -2.10. The monoisotopic (exact) mass is 225 g/mol. The Labute approximate surface area is 93.4 Å². The summed E-state index contributed by atoms with van der Waals surface area (Å²) in [5, 5.41) is 3.40. The molecule has 0 bridgehead atoms. The van der Waals surface area contributed by atoms with Crippen molar-refractivity contribution in [3.8, 4) is 5.75 Å². The van der Waals surface area contributed by atoms with Crippen LogP contribution in [0, 0.1) is 0 Å². The summed E-state index contributed by atoms with van der Waals surface area (Å²) in [5.74, 6) is 1.01. The van der Waals surface area contributed by atoms with Crippen LogP contribution >= 0.6 is 11.6 Å². The van der Waals surface area contributed by atoms with Crippen molar-refractivity contribution in [1.82, 2.24) is 5.32 Å². The van der Waals surface area contributed by atoms with E-state index in [-0.39, 0.29) is 11.8 Å². The number of methoxy groups -OCH3 is 1. The van der Waals surface area contributed by atoms with E-state index >= 15 is 0 Å². The Bertz CT molecular complexity index is 392. The molecule has 3 nitrogen and oxygen atoms in total. The number of hydrogen-bond donors (Lipinski definition) is 1. The van der Waals surface area contributed by atoms with Gasteiger partial charge in [0, 0.05) is 18.9 Å². The molecular weight excluding hydrogens is 214 g/mol. The summed E-state index contributed by atoms with van der Waals surface area (Å²) in [4.78, 5) is 11.1. The minimum absolute atomic E-state index is 0.105. The third-order valence-electron chi connectivity index (χ3n) is 2.62. The van der Waals surface area contributed by atoms with Crippen LogP contribution < -0.4 is 10.1 Å². The van der Waals surface area contributed by atoms with Crippen molar-refractivity contribution in [2.24, 2.45) is 0 Å². The van der Waals surface area contributed by atoms with E-state index in [9.17, 15) is 4.79 Å². The van der Waals surface area contributed by atoms with E-state index in [1.54, 1.807) is 13.2 Å². The molecule has 80 valence electrons. The molecule has 1 aromatic carbocycles. The summed E-state index contributed by atoms with van der Waals surface area (Å²) >= 11 is 5.92. The minimum atomic E-state index is 0.105. The fourth-order valence-corrected chi connectivity index (χ4v) is 1.97. The van der Waals surface area contributed by atoms with Gasteiger partial charge in [-0.25, -0.2) is 0 Å². The molecule has 1 aromatic rings. The van der Waals surface area contributed by atoms with Crippen molar-refractivity contribution in [3.05, 3.63) is 28.8 Å². The second-order valence-corrected chi connectivity index (χ2v) is 4.01. The Morgan fingerprint density at radius 1 is 1.53 bits per heavy atom. The Hall–Kier alpha value is -1.22. The molecule has 0 unspecified atom stereocenters. The number of rotatable bonds is 2. The fourth-order valence-electron chi connectivity index (χ4n) is 1.77. The normalized spacial score (nSPS) is 20.1. The zero-order valence-corrected chi connectivity index (χ0v) is 9.17. The molecular formula is C11H12ClNO2. The van der Waals surface area contributed by atoms with Crippen molar-refractivity contribution >= 4 is 17.5 Å². The van der Waals surface area contributed by atoms with Crippen molar-refractivity contribution in [3.63, 3.8) is 0 Å². The highest BCUT2D eigenvalue weighted by atomic mass is 35.5. The van der Waals surface area contributed by atoms with Crippen LogP contribution in [-0.2, 0) is 4.79 Å². The number of carbonyl (C=O) groups is 1. The second-order valence-electron chi connectivity index (χ2n) is 3.60. The van der Waals surface area contributed by atoms with Gasteiger partial charge in [0.15, 0.2) is 0 Å². The van der Waals surface area contributed by atoms with E-state index in [0.29, 0.717) is 23.7 Å². The van der Waals surface area contributed by atoms with E-state index in [0.717, 1.165) is 5.56 Å². The molecule has 4 heteroatoms. The summed E-state index contributed by atoms with van der Waals surface area (Å²) < 4.78 is 5.13. The smallest absolute Gasteiger partial charge is 0.220 e. The lowest BCUT2D eigenvalue weighted by Crippen LogP contribution is -2.13. The van der Waals surface area contributed by atoms with Crippen molar-refractivity contribution in [2.75, 3.05) is 13.7 Å². The number of amides is 1. The van der Waals surface area contributed by atoms with Gasteiger partial charge in [-0.15, -0.1) is 0 Å². The van der Waals surface area contributed by atoms with Crippen LogP contribution in [0.3, 0.4) is 0 Å². The average Bonchev–Trinajstić information content (AvgIpc) is 2.66. The second kappa shape index (κ2) is 4.11. The predicted octanol–water partition coefficient (Wildman–Crippen LogP) is 1.95. The number of benzene rings is 1. The molecule has 1 amide bonds. The summed E-state index contributed by atoms with van der Waals surface area (Å²) in [6.45, 7) is 0.698. The molecule has 1 atom stereocenters. The lowest BCUT2D eigenvalue weighted by atomic mass is 9.98. The predicted molar refractivity (Wildman–Crippen MR) is 58.4 cm³/mol. The Morgan fingerprint density at radius 2 is 2.33 bits per heavy atom. The van der Waals surface area contributed by atoms with E-state index in [4.69, 9.17) is 16.3 Å². The highest BCUT2D eigenvalue weighted by Crippen LogP contribution is 2.30. The highest BCUT2D eigenvalue weighted by molar-refractivity contribution is 6.32. The van der Waals surface area contributed by atoms with E-state index in [1.165, 1.54) is 0 Å². The zero-order valence-electron chi connectivity index (χ0n) is 8.42. The van der Waals surface area contributed by atoms with Gasteiger partial charge in [0.2, 0.25) is 5.91 Å². The Morgan fingerprint density at radius 3 is 2.93 bits per heavy atom. The molecule has 1 heterocycles. The zero-order chi connectivity index (χ0) is 10.8. The largest absolute Gasteiger partial charge is 0.495 e. The van der Waals surface area contributed by atoms with E-state index in [2.05, 4.69) is 5.32 Å². The average molecular weight is 226 g/mol. The van der Waals surface area contributed by atoms with Gasteiger partial charge in [-0.05, 0) is 17.7 Å². The van der Waals surface area contributed by atoms with Crippen LogP contribution in [0.1, 0.15) is 17.9 Å². The van der Waals surface area contributed by atoms with Crippen LogP contribution in [0.2, 0.25) is 5.02 Å². The first kappa shape index (κ1) is 10.3. The SMILES string of the molecule is COc1cc([C@@H]2CNC(=O)C2)ccc1Cl. The van der Waals surface area contributed by atoms with Crippen LogP contribution in [0.25, 0.3) is 0 Å². The molecule has 1 fully saturated rings. The number of ether oxygens (including phenoxy) is 1. The van der Waals surface area contributed by atoms with Gasteiger partial charge in [-0.2, -0.15) is 0 Å². The summed E-state index contributed by atoms with van der Waals surface area (Å²) in [5.41, 5.74) is 1.09. The quantitative estimate of drug-likeness (QED) is 0.836. The van der Waals surface area contributed by atoms with Gasteiger partial charge >= 0.3 is 0 Å². The van der Waals surface area contributed by atoms with Gasteiger partial charge in [0.05, 0.1) is 12.1 Å². The number of hydrogen-bond acceptors (Lipinski definition) is 2. The van der Waals surface area contributed by atoms with Crippen molar-refractivity contribution in [1.29, 1.82) is 0 Å².